The van der Waals surface area contributed by atoms with E-state index >= 15 is 0 Å². The number of nitrogens with zero attached hydrogens (tertiary/aromatic N) is 3. The highest BCUT2D eigenvalue weighted by atomic mass is 35.5. The van der Waals surface area contributed by atoms with E-state index in [2.05, 4.69) is 15.0 Å². The van der Waals surface area contributed by atoms with Crippen molar-refractivity contribution < 1.29 is 9.53 Å². The van der Waals surface area contributed by atoms with E-state index in [4.69, 9.17) is 4.74 Å². The Morgan fingerprint density at radius 3 is 2.52 bits per heavy atom. The summed E-state index contributed by atoms with van der Waals surface area (Å²) in [6, 6.07) is 3.66. The molecular formula is C14H17Cl2N3O2. The maximum atomic E-state index is 12.0. The third-order valence-corrected chi connectivity index (χ3v) is 2.62. The summed E-state index contributed by atoms with van der Waals surface area (Å²) >= 11 is 0. The number of hydrogen-bond acceptors (Lipinski definition) is 5. The van der Waals surface area contributed by atoms with Crippen molar-refractivity contribution in [2.45, 2.75) is 20.8 Å². The number of pyridine rings is 1. The monoisotopic (exact) mass is 329 g/mol. The van der Waals surface area contributed by atoms with Crippen LogP contribution in [0.25, 0.3) is 11.3 Å². The maximum absolute atomic E-state index is 12.0. The molecule has 2 aromatic rings. The van der Waals surface area contributed by atoms with Crippen molar-refractivity contribution >= 4 is 30.8 Å². The van der Waals surface area contributed by atoms with Gasteiger partial charge in [-0.1, -0.05) is 0 Å². The number of aromatic nitrogens is 3. The predicted molar refractivity (Wildman–Crippen MR) is 85.2 cm³/mol. The van der Waals surface area contributed by atoms with Crippen LogP contribution in [0.2, 0.25) is 0 Å². The highest BCUT2D eigenvalue weighted by Gasteiger charge is 2.20. The fourth-order valence-electron chi connectivity index (χ4n) is 1.87. The van der Waals surface area contributed by atoms with E-state index in [1.54, 1.807) is 39.2 Å². The van der Waals surface area contributed by atoms with Gasteiger partial charge in [0.1, 0.15) is 11.4 Å². The molecule has 2 heterocycles. The van der Waals surface area contributed by atoms with Crippen LogP contribution in [-0.4, -0.2) is 27.5 Å². The Kier molecular flexibility index (Phi) is 7.84. The summed E-state index contributed by atoms with van der Waals surface area (Å²) in [5, 5.41) is 0. The van der Waals surface area contributed by atoms with Crippen molar-refractivity contribution in [2.24, 2.45) is 0 Å². The van der Waals surface area contributed by atoms with E-state index < -0.39 is 5.97 Å². The zero-order valence-electron chi connectivity index (χ0n) is 12.0. The largest absolute Gasteiger partial charge is 0.462 e. The Morgan fingerprint density at radius 2 is 1.95 bits per heavy atom. The first-order valence-electron chi connectivity index (χ1n) is 6.06. The average Bonchev–Trinajstić information content (AvgIpc) is 2.39. The number of rotatable bonds is 3. The number of halogens is 2. The number of carbonyl (C=O) groups excluding carboxylic acids is 1. The van der Waals surface area contributed by atoms with Crippen molar-refractivity contribution in [2.75, 3.05) is 6.61 Å². The van der Waals surface area contributed by atoms with Crippen LogP contribution in [-0.2, 0) is 4.74 Å². The second kappa shape index (κ2) is 8.54. The van der Waals surface area contributed by atoms with Crippen molar-refractivity contribution in [1.82, 2.24) is 15.0 Å². The Morgan fingerprint density at radius 1 is 1.24 bits per heavy atom. The summed E-state index contributed by atoms with van der Waals surface area (Å²) < 4.78 is 5.07. The van der Waals surface area contributed by atoms with E-state index in [-0.39, 0.29) is 24.8 Å². The molecule has 2 rings (SSSR count). The zero-order valence-corrected chi connectivity index (χ0v) is 13.6. The molecule has 114 valence electrons. The molecule has 5 nitrogen and oxygen atoms in total. The minimum atomic E-state index is -0.404. The molecule has 0 unspecified atom stereocenters. The fraction of sp³-hybridized carbons (Fsp3) is 0.286. The van der Waals surface area contributed by atoms with Gasteiger partial charge in [-0.3, -0.25) is 4.98 Å². The maximum Gasteiger partial charge on any atom is 0.342 e. The van der Waals surface area contributed by atoms with Gasteiger partial charge >= 0.3 is 5.97 Å². The van der Waals surface area contributed by atoms with Crippen molar-refractivity contribution in [1.29, 1.82) is 0 Å². The number of carbonyl (C=O) groups is 1. The van der Waals surface area contributed by atoms with Gasteiger partial charge in [0.15, 0.2) is 0 Å². The third kappa shape index (κ3) is 4.37. The molecule has 0 saturated carbocycles. The molecule has 0 aromatic carbocycles. The van der Waals surface area contributed by atoms with Gasteiger partial charge in [-0.2, -0.15) is 0 Å². The normalized spacial score (nSPS) is 9.29. The van der Waals surface area contributed by atoms with Gasteiger partial charge < -0.3 is 4.74 Å². The SMILES string of the molecule is CCOC(=O)c1c(C)nc(C)nc1-c1cccnc1.Cl.Cl. The summed E-state index contributed by atoms with van der Waals surface area (Å²) in [6.07, 6.45) is 3.35. The lowest BCUT2D eigenvalue weighted by molar-refractivity contribution is 0.0525. The quantitative estimate of drug-likeness (QED) is 0.809. The van der Waals surface area contributed by atoms with Crippen molar-refractivity contribution in [3.05, 3.63) is 41.6 Å². The van der Waals surface area contributed by atoms with Crippen LogP contribution < -0.4 is 0 Å². The van der Waals surface area contributed by atoms with Gasteiger partial charge in [0.05, 0.1) is 18.0 Å². The minimum Gasteiger partial charge on any atom is -0.462 e. The van der Waals surface area contributed by atoms with Crippen LogP contribution in [0.3, 0.4) is 0 Å². The first-order chi connectivity index (χ1) is 9.13. The molecule has 0 atom stereocenters. The topological polar surface area (TPSA) is 65.0 Å². The number of aryl methyl sites for hydroxylation is 2. The van der Waals surface area contributed by atoms with Crippen LogP contribution in [0.1, 0.15) is 28.8 Å². The molecule has 0 bridgehead atoms. The zero-order chi connectivity index (χ0) is 13.8. The molecule has 0 N–H and O–H groups in total. The Hall–Kier alpha value is -1.72. The molecule has 0 aliphatic rings. The van der Waals surface area contributed by atoms with Gasteiger partial charge in [-0.15, -0.1) is 24.8 Å². The van der Waals surface area contributed by atoms with Crippen molar-refractivity contribution in [3.63, 3.8) is 0 Å². The van der Waals surface area contributed by atoms with Gasteiger partial charge in [-0.25, -0.2) is 14.8 Å². The number of esters is 1. The smallest absolute Gasteiger partial charge is 0.342 e. The number of hydrogen-bond donors (Lipinski definition) is 0. The third-order valence-electron chi connectivity index (χ3n) is 2.62. The summed E-state index contributed by atoms with van der Waals surface area (Å²) in [4.78, 5) is 24.7. The van der Waals surface area contributed by atoms with Gasteiger partial charge in [0, 0.05) is 18.0 Å². The van der Waals surface area contributed by atoms with Crippen molar-refractivity contribution in [3.8, 4) is 11.3 Å². The van der Waals surface area contributed by atoms with E-state index in [0.29, 0.717) is 29.4 Å². The fourth-order valence-corrected chi connectivity index (χ4v) is 1.87. The molecule has 7 heteroatoms. The minimum absolute atomic E-state index is 0. The lowest BCUT2D eigenvalue weighted by Gasteiger charge is -2.11. The first kappa shape index (κ1) is 19.3. The highest BCUT2D eigenvalue weighted by Crippen LogP contribution is 2.23. The van der Waals surface area contributed by atoms with Crippen LogP contribution in [0, 0.1) is 13.8 Å². The Bertz CT molecular complexity index is 607. The average molecular weight is 330 g/mol. The summed E-state index contributed by atoms with van der Waals surface area (Å²) in [6.45, 7) is 5.66. The van der Waals surface area contributed by atoms with Crippen LogP contribution >= 0.6 is 24.8 Å². The molecular weight excluding hydrogens is 313 g/mol. The predicted octanol–water partition coefficient (Wildman–Crippen LogP) is 3.18. The van der Waals surface area contributed by atoms with Crippen LogP contribution in [0.4, 0.5) is 0 Å². The highest BCUT2D eigenvalue weighted by molar-refractivity contribution is 5.97. The summed E-state index contributed by atoms with van der Waals surface area (Å²) in [7, 11) is 0. The molecule has 0 aliphatic carbocycles. The summed E-state index contributed by atoms with van der Waals surface area (Å²) in [5.74, 6) is 0.211. The van der Waals surface area contributed by atoms with E-state index in [1.807, 2.05) is 6.07 Å². The Balaban J connectivity index is 0.00000200. The lowest BCUT2D eigenvalue weighted by Crippen LogP contribution is -2.12. The standard InChI is InChI=1S/C14H15N3O2.2ClH/c1-4-19-14(18)12-9(2)16-10(3)17-13(12)11-6-5-7-15-8-11;;/h5-8H,4H2,1-3H3;2*1H. The Labute approximate surface area is 136 Å². The molecule has 0 amide bonds. The first-order valence-corrected chi connectivity index (χ1v) is 6.06. The molecule has 0 spiro atoms. The number of ether oxygens (including phenoxy) is 1. The van der Waals surface area contributed by atoms with E-state index in [0.717, 1.165) is 5.56 Å². The molecule has 21 heavy (non-hydrogen) atoms. The lowest BCUT2D eigenvalue weighted by atomic mass is 10.1. The van der Waals surface area contributed by atoms with Crippen LogP contribution in [0.15, 0.2) is 24.5 Å². The van der Waals surface area contributed by atoms with Gasteiger partial charge in [0.2, 0.25) is 0 Å². The molecule has 0 fully saturated rings. The second-order valence-corrected chi connectivity index (χ2v) is 4.04. The molecule has 2 aromatic heterocycles. The molecule has 0 saturated heterocycles. The van der Waals surface area contributed by atoms with Gasteiger partial charge in [-0.05, 0) is 32.9 Å². The summed E-state index contributed by atoms with van der Waals surface area (Å²) in [5.41, 5.74) is 2.36. The van der Waals surface area contributed by atoms with Crippen LogP contribution in [0.5, 0.6) is 0 Å². The van der Waals surface area contributed by atoms with E-state index in [9.17, 15) is 4.79 Å². The molecule has 0 aliphatic heterocycles. The van der Waals surface area contributed by atoms with E-state index in [1.165, 1.54) is 0 Å². The second-order valence-electron chi connectivity index (χ2n) is 4.04. The van der Waals surface area contributed by atoms with Gasteiger partial charge in [0.25, 0.3) is 0 Å². The molecule has 0 radical (unpaired) electrons.